The summed E-state index contributed by atoms with van der Waals surface area (Å²) in [5, 5.41) is 0.575. The van der Waals surface area contributed by atoms with E-state index in [-0.39, 0.29) is 6.04 Å². The summed E-state index contributed by atoms with van der Waals surface area (Å²) in [5.74, 6) is 0. The van der Waals surface area contributed by atoms with E-state index in [9.17, 15) is 0 Å². The molecule has 0 aromatic heterocycles. The second-order valence-electron chi connectivity index (χ2n) is 2.74. The van der Waals surface area contributed by atoms with E-state index in [0.717, 1.165) is 10.0 Å². The molecule has 0 heterocycles. The van der Waals surface area contributed by atoms with Gasteiger partial charge in [-0.25, -0.2) is 0 Å². The molecule has 0 aliphatic carbocycles. The minimum absolute atomic E-state index is 0.242. The van der Waals surface area contributed by atoms with Crippen LogP contribution in [0.2, 0.25) is 5.02 Å². The fraction of sp³-hybridized carbons (Fsp3) is 0.250. The molecule has 13 heavy (non-hydrogen) atoms. The van der Waals surface area contributed by atoms with Crippen molar-refractivity contribution < 1.29 is 0 Å². The summed E-state index contributed by atoms with van der Waals surface area (Å²) in [4.78, 5) is 0. The Balaban J connectivity index is 3.15. The van der Waals surface area contributed by atoms with Gasteiger partial charge in [-0.15, -0.1) is 0 Å². The fourth-order valence-corrected chi connectivity index (χ4v) is 1.56. The lowest BCUT2D eigenvalue weighted by Crippen LogP contribution is -2.21. The molecule has 3 nitrogen and oxygen atoms in total. The molecule has 0 radical (unpaired) electrons. The van der Waals surface area contributed by atoms with E-state index in [1.54, 1.807) is 12.1 Å². The molecule has 1 aromatic carbocycles. The SMILES string of the molecule is NC[C@H](N)c1cc(Br)c(Cl)cc1N. The van der Waals surface area contributed by atoms with E-state index in [1.165, 1.54) is 0 Å². The van der Waals surface area contributed by atoms with Crippen LogP contribution in [-0.4, -0.2) is 6.54 Å². The van der Waals surface area contributed by atoms with E-state index in [2.05, 4.69) is 15.9 Å². The first-order valence-electron chi connectivity index (χ1n) is 3.76. The highest BCUT2D eigenvalue weighted by Gasteiger charge is 2.10. The van der Waals surface area contributed by atoms with E-state index in [0.29, 0.717) is 17.3 Å². The van der Waals surface area contributed by atoms with Crippen LogP contribution in [0, 0.1) is 0 Å². The average molecular weight is 265 g/mol. The molecule has 0 spiro atoms. The van der Waals surface area contributed by atoms with E-state index in [4.69, 9.17) is 28.8 Å². The van der Waals surface area contributed by atoms with Crippen molar-refractivity contribution in [2.24, 2.45) is 11.5 Å². The van der Waals surface area contributed by atoms with Crippen LogP contribution in [0.5, 0.6) is 0 Å². The number of nitrogens with two attached hydrogens (primary N) is 3. The molecule has 1 aromatic rings. The van der Waals surface area contributed by atoms with E-state index >= 15 is 0 Å². The molecule has 0 saturated carbocycles. The summed E-state index contributed by atoms with van der Waals surface area (Å²) in [6, 6.07) is 3.22. The number of benzene rings is 1. The monoisotopic (exact) mass is 263 g/mol. The fourth-order valence-electron chi connectivity index (χ4n) is 1.03. The van der Waals surface area contributed by atoms with Crippen molar-refractivity contribution in [2.45, 2.75) is 6.04 Å². The molecular formula is C8H11BrClN3. The smallest absolute Gasteiger partial charge is 0.0568 e. The molecule has 5 heteroatoms. The molecule has 0 fully saturated rings. The van der Waals surface area contributed by atoms with Gasteiger partial charge in [0.15, 0.2) is 0 Å². The molecule has 0 saturated heterocycles. The Bertz CT molecular complexity index is 317. The lowest BCUT2D eigenvalue weighted by molar-refractivity contribution is 0.739. The van der Waals surface area contributed by atoms with Crippen LogP contribution in [0.15, 0.2) is 16.6 Å². The van der Waals surface area contributed by atoms with Crippen LogP contribution < -0.4 is 17.2 Å². The number of rotatable bonds is 2. The first-order chi connectivity index (χ1) is 6.06. The highest BCUT2D eigenvalue weighted by atomic mass is 79.9. The van der Waals surface area contributed by atoms with Gasteiger partial charge in [-0.1, -0.05) is 11.6 Å². The van der Waals surface area contributed by atoms with Crippen molar-refractivity contribution in [1.82, 2.24) is 0 Å². The van der Waals surface area contributed by atoms with Gasteiger partial charge in [0, 0.05) is 22.7 Å². The Labute approximate surface area is 90.4 Å². The molecule has 0 aliphatic heterocycles. The predicted molar refractivity (Wildman–Crippen MR) is 59.5 cm³/mol. The molecule has 0 aliphatic rings. The van der Waals surface area contributed by atoms with Gasteiger partial charge in [0.1, 0.15) is 0 Å². The molecule has 72 valence electrons. The highest BCUT2D eigenvalue weighted by Crippen LogP contribution is 2.30. The maximum Gasteiger partial charge on any atom is 0.0568 e. The molecule has 0 bridgehead atoms. The highest BCUT2D eigenvalue weighted by molar-refractivity contribution is 9.10. The van der Waals surface area contributed by atoms with Gasteiger partial charge in [0.05, 0.1) is 5.02 Å². The van der Waals surface area contributed by atoms with Gasteiger partial charge in [0.2, 0.25) is 0 Å². The van der Waals surface area contributed by atoms with Crippen molar-refractivity contribution in [3.63, 3.8) is 0 Å². The van der Waals surface area contributed by atoms with Gasteiger partial charge in [-0.05, 0) is 33.6 Å². The normalized spacial score (nSPS) is 12.9. The Kier molecular flexibility index (Phi) is 3.55. The van der Waals surface area contributed by atoms with Crippen LogP contribution in [0.3, 0.4) is 0 Å². The Morgan fingerprint density at radius 3 is 2.62 bits per heavy atom. The van der Waals surface area contributed by atoms with Gasteiger partial charge < -0.3 is 17.2 Å². The summed E-state index contributed by atoms with van der Waals surface area (Å²) in [6.45, 7) is 0.359. The van der Waals surface area contributed by atoms with Crippen molar-refractivity contribution >= 4 is 33.2 Å². The Morgan fingerprint density at radius 2 is 2.08 bits per heavy atom. The van der Waals surface area contributed by atoms with Gasteiger partial charge in [-0.2, -0.15) is 0 Å². The minimum atomic E-state index is -0.242. The lowest BCUT2D eigenvalue weighted by atomic mass is 10.1. The maximum atomic E-state index is 5.83. The minimum Gasteiger partial charge on any atom is -0.398 e. The third kappa shape index (κ3) is 2.34. The van der Waals surface area contributed by atoms with Crippen molar-refractivity contribution in [2.75, 3.05) is 12.3 Å². The molecule has 1 rings (SSSR count). The lowest BCUT2D eigenvalue weighted by Gasteiger charge is -2.13. The first-order valence-corrected chi connectivity index (χ1v) is 4.93. The van der Waals surface area contributed by atoms with Crippen LogP contribution in [0.25, 0.3) is 0 Å². The number of nitrogen functional groups attached to an aromatic ring is 1. The van der Waals surface area contributed by atoms with Crippen LogP contribution in [0.4, 0.5) is 5.69 Å². The molecular weight excluding hydrogens is 253 g/mol. The average Bonchev–Trinajstić information content (AvgIpc) is 2.10. The summed E-state index contributed by atoms with van der Waals surface area (Å²) in [5.41, 5.74) is 18.3. The molecule has 6 N–H and O–H groups in total. The summed E-state index contributed by atoms with van der Waals surface area (Å²) in [6.07, 6.45) is 0. The van der Waals surface area contributed by atoms with Crippen molar-refractivity contribution in [3.8, 4) is 0 Å². The quantitative estimate of drug-likeness (QED) is 0.711. The molecule has 1 atom stereocenters. The van der Waals surface area contributed by atoms with Crippen LogP contribution in [-0.2, 0) is 0 Å². The molecule has 0 amide bonds. The maximum absolute atomic E-state index is 5.83. The third-order valence-electron chi connectivity index (χ3n) is 1.78. The second-order valence-corrected chi connectivity index (χ2v) is 4.00. The van der Waals surface area contributed by atoms with Gasteiger partial charge in [0.25, 0.3) is 0 Å². The predicted octanol–water partition coefficient (Wildman–Crippen LogP) is 1.64. The van der Waals surface area contributed by atoms with Crippen LogP contribution >= 0.6 is 27.5 Å². The summed E-state index contributed by atoms with van der Waals surface area (Å²) in [7, 11) is 0. The standard InChI is InChI=1S/C8H11BrClN3/c9-5-1-4(8(13)3-11)7(12)2-6(5)10/h1-2,8H,3,11-13H2/t8-/m0/s1. The van der Waals surface area contributed by atoms with E-state index in [1.807, 2.05) is 0 Å². The number of halogens is 2. The largest absolute Gasteiger partial charge is 0.398 e. The topological polar surface area (TPSA) is 78.1 Å². The zero-order chi connectivity index (χ0) is 10.0. The zero-order valence-corrected chi connectivity index (χ0v) is 9.27. The summed E-state index contributed by atoms with van der Waals surface area (Å²) < 4.78 is 0.780. The van der Waals surface area contributed by atoms with Crippen molar-refractivity contribution in [3.05, 3.63) is 27.2 Å². The summed E-state index contributed by atoms with van der Waals surface area (Å²) >= 11 is 9.13. The third-order valence-corrected chi connectivity index (χ3v) is 2.98. The zero-order valence-electron chi connectivity index (χ0n) is 6.93. The number of anilines is 1. The second kappa shape index (κ2) is 4.28. The Morgan fingerprint density at radius 1 is 1.46 bits per heavy atom. The van der Waals surface area contributed by atoms with Gasteiger partial charge in [-0.3, -0.25) is 0 Å². The van der Waals surface area contributed by atoms with Crippen molar-refractivity contribution in [1.29, 1.82) is 0 Å². The Hall–Kier alpha value is -0.290. The number of hydrogen-bond donors (Lipinski definition) is 3. The number of hydrogen-bond acceptors (Lipinski definition) is 3. The van der Waals surface area contributed by atoms with Crippen LogP contribution in [0.1, 0.15) is 11.6 Å². The molecule has 0 unspecified atom stereocenters. The van der Waals surface area contributed by atoms with Gasteiger partial charge >= 0.3 is 0 Å². The van der Waals surface area contributed by atoms with E-state index < -0.39 is 0 Å². The first kappa shape index (κ1) is 10.8.